The molecule has 0 saturated carbocycles. The van der Waals surface area contributed by atoms with Crippen LogP contribution in [0.15, 0.2) is 6.33 Å². The Kier molecular flexibility index (Phi) is 3.55. The average Bonchev–Trinajstić information content (AvgIpc) is 2.14. The summed E-state index contributed by atoms with van der Waals surface area (Å²) in [6, 6.07) is 0. The highest BCUT2D eigenvalue weighted by molar-refractivity contribution is 6.30. The van der Waals surface area contributed by atoms with Gasteiger partial charge in [0.1, 0.15) is 17.3 Å². The molecular weight excluding hydrogens is 210 g/mol. The van der Waals surface area contributed by atoms with Gasteiger partial charge in [0.15, 0.2) is 0 Å². The molecule has 0 fully saturated rings. The van der Waals surface area contributed by atoms with Crippen LogP contribution in [-0.4, -0.2) is 22.6 Å². The molecule has 1 aromatic heterocycles. The molecule has 0 aliphatic rings. The topological polar surface area (TPSA) is 29.0 Å². The lowest BCUT2D eigenvalue weighted by molar-refractivity contribution is 0.531. The van der Waals surface area contributed by atoms with Crippen molar-refractivity contribution in [1.29, 1.82) is 0 Å². The van der Waals surface area contributed by atoms with Crippen LogP contribution < -0.4 is 4.90 Å². The second-order valence-corrected chi connectivity index (χ2v) is 4.91. The van der Waals surface area contributed by atoms with Gasteiger partial charge in [0, 0.05) is 18.2 Å². The van der Waals surface area contributed by atoms with E-state index in [2.05, 4.69) is 42.6 Å². The van der Waals surface area contributed by atoms with Gasteiger partial charge in [-0.05, 0) is 27.2 Å². The minimum absolute atomic E-state index is 0.0294. The van der Waals surface area contributed by atoms with E-state index in [1.807, 2.05) is 7.05 Å². The van der Waals surface area contributed by atoms with E-state index < -0.39 is 0 Å². The van der Waals surface area contributed by atoms with Crippen LogP contribution in [0.2, 0.25) is 5.15 Å². The Morgan fingerprint density at radius 3 is 2.40 bits per heavy atom. The first-order valence-corrected chi connectivity index (χ1v) is 5.49. The van der Waals surface area contributed by atoms with Crippen molar-refractivity contribution in [2.75, 3.05) is 11.9 Å². The van der Waals surface area contributed by atoms with Crippen LogP contribution in [0.4, 0.5) is 5.82 Å². The molecule has 0 amide bonds. The second kappa shape index (κ2) is 4.35. The van der Waals surface area contributed by atoms with Crippen molar-refractivity contribution in [3.05, 3.63) is 17.0 Å². The summed E-state index contributed by atoms with van der Waals surface area (Å²) in [5.41, 5.74) is 1.04. The van der Waals surface area contributed by atoms with E-state index in [9.17, 15) is 0 Å². The van der Waals surface area contributed by atoms with E-state index in [4.69, 9.17) is 11.6 Å². The molecule has 1 heterocycles. The lowest BCUT2D eigenvalue weighted by Crippen LogP contribution is -2.39. The summed E-state index contributed by atoms with van der Waals surface area (Å²) in [6.45, 7) is 8.48. The maximum Gasteiger partial charge on any atom is 0.137 e. The number of hydrogen-bond acceptors (Lipinski definition) is 3. The molecule has 0 aliphatic carbocycles. The highest BCUT2D eigenvalue weighted by Gasteiger charge is 2.21. The van der Waals surface area contributed by atoms with Crippen molar-refractivity contribution < 1.29 is 0 Å². The zero-order chi connectivity index (χ0) is 11.6. The summed E-state index contributed by atoms with van der Waals surface area (Å²) in [4.78, 5) is 10.4. The Morgan fingerprint density at radius 1 is 1.33 bits per heavy atom. The summed E-state index contributed by atoms with van der Waals surface area (Å²) < 4.78 is 0. The molecule has 84 valence electrons. The SMILES string of the molecule is CCc1c(Cl)ncnc1N(C)C(C)(C)C. The van der Waals surface area contributed by atoms with E-state index in [-0.39, 0.29) is 5.54 Å². The molecule has 0 spiro atoms. The van der Waals surface area contributed by atoms with Crippen molar-refractivity contribution in [3.63, 3.8) is 0 Å². The normalized spacial score (nSPS) is 11.6. The number of anilines is 1. The molecule has 4 heteroatoms. The van der Waals surface area contributed by atoms with Crippen LogP contribution >= 0.6 is 11.6 Å². The lowest BCUT2D eigenvalue weighted by Gasteiger charge is -2.34. The Hall–Kier alpha value is -0.830. The van der Waals surface area contributed by atoms with Gasteiger partial charge in [-0.1, -0.05) is 18.5 Å². The monoisotopic (exact) mass is 227 g/mol. The lowest BCUT2D eigenvalue weighted by atomic mass is 10.1. The number of rotatable bonds is 2. The summed E-state index contributed by atoms with van der Waals surface area (Å²) in [6.07, 6.45) is 2.36. The molecule has 0 radical (unpaired) electrons. The van der Waals surface area contributed by atoms with Gasteiger partial charge in [-0.2, -0.15) is 0 Å². The molecule has 0 N–H and O–H groups in total. The largest absolute Gasteiger partial charge is 0.354 e. The Morgan fingerprint density at radius 2 is 1.93 bits per heavy atom. The zero-order valence-electron chi connectivity index (χ0n) is 10.0. The van der Waals surface area contributed by atoms with Gasteiger partial charge in [-0.3, -0.25) is 0 Å². The van der Waals surface area contributed by atoms with Crippen LogP contribution in [-0.2, 0) is 6.42 Å². The minimum atomic E-state index is 0.0294. The van der Waals surface area contributed by atoms with E-state index in [0.29, 0.717) is 5.15 Å². The number of halogens is 1. The molecular formula is C11H18ClN3. The average molecular weight is 228 g/mol. The maximum atomic E-state index is 6.05. The van der Waals surface area contributed by atoms with Crippen molar-refractivity contribution in [2.45, 2.75) is 39.7 Å². The zero-order valence-corrected chi connectivity index (χ0v) is 10.8. The van der Waals surface area contributed by atoms with E-state index in [1.165, 1.54) is 6.33 Å². The fourth-order valence-corrected chi connectivity index (χ4v) is 1.55. The predicted octanol–water partition coefficient (Wildman–Crippen LogP) is 2.93. The summed E-state index contributed by atoms with van der Waals surface area (Å²) in [5, 5.41) is 0.554. The van der Waals surface area contributed by atoms with Crippen molar-refractivity contribution in [1.82, 2.24) is 9.97 Å². The molecule has 0 aliphatic heterocycles. The Bertz CT molecular complexity index is 344. The van der Waals surface area contributed by atoms with E-state index in [0.717, 1.165) is 17.8 Å². The van der Waals surface area contributed by atoms with Crippen LogP contribution in [0.25, 0.3) is 0 Å². The smallest absolute Gasteiger partial charge is 0.137 e. The number of aromatic nitrogens is 2. The standard InChI is InChI=1S/C11H18ClN3/c1-6-8-9(12)13-7-14-10(8)15(5)11(2,3)4/h7H,6H2,1-5H3. The first kappa shape index (κ1) is 12.2. The van der Waals surface area contributed by atoms with Crippen molar-refractivity contribution >= 4 is 17.4 Å². The molecule has 0 aromatic carbocycles. The fraction of sp³-hybridized carbons (Fsp3) is 0.636. The summed E-state index contributed by atoms with van der Waals surface area (Å²) >= 11 is 6.05. The minimum Gasteiger partial charge on any atom is -0.354 e. The molecule has 0 saturated heterocycles. The fourth-order valence-electron chi connectivity index (χ4n) is 1.29. The van der Waals surface area contributed by atoms with Gasteiger partial charge in [-0.15, -0.1) is 0 Å². The Labute approximate surface area is 96.5 Å². The van der Waals surface area contributed by atoms with Gasteiger partial charge in [0.25, 0.3) is 0 Å². The van der Waals surface area contributed by atoms with E-state index >= 15 is 0 Å². The maximum absolute atomic E-state index is 6.05. The Balaban J connectivity index is 3.20. The highest BCUT2D eigenvalue weighted by Crippen LogP contribution is 2.27. The van der Waals surface area contributed by atoms with Gasteiger partial charge in [-0.25, -0.2) is 9.97 Å². The molecule has 1 rings (SSSR count). The molecule has 15 heavy (non-hydrogen) atoms. The third-order valence-electron chi connectivity index (χ3n) is 2.55. The quantitative estimate of drug-likeness (QED) is 0.728. The first-order chi connectivity index (χ1) is 6.88. The second-order valence-electron chi connectivity index (χ2n) is 4.55. The first-order valence-electron chi connectivity index (χ1n) is 5.11. The van der Waals surface area contributed by atoms with E-state index in [1.54, 1.807) is 0 Å². The van der Waals surface area contributed by atoms with Crippen molar-refractivity contribution in [3.8, 4) is 0 Å². The third kappa shape index (κ3) is 2.59. The third-order valence-corrected chi connectivity index (χ3v) is 2.87. The van der Waals surface area contributed by atoms with Crippen LogP contribution in [0, 0.1) is 0 Å². The highest BCUT2D eigenvalue weighted by atomic mass is 35.5. The van der Waals surface area contributed by atoms with Gasteiger partial charge in [0.2, 0.25) is 0 Å². The number of hydrogen-bond donors (Lipinski definition) is 0. The summed E-state index contributed by atoms with van der Waals surface area (Å²) in [5.74, 6) is 0.921. The molecule has 0 unspecified atom stereocenters. The predicted molar refractivity (Wildman–Crippen MR) is 64.6 cm³/mol. The summed E-state index contributed by atoms with van der Waals surface area (Å²) in [7, 11) is 2.03. The van der Waals surface area contributed by atoms with Gasteiger partial charge in [0.05, 0.1) is 0 Å². The van der Waals surface area contributed by atoms with Crippen LogP contribution in [0.5, 0.6) is 0 Å². The molecule has 0 atom stereocenters. The van der Waals surface area contributed by atoms with Gasteiger partial charge >= 0.3 is 0 Å². The number of nitrogens with zero attached hydrogens (tertiary/aromatic N) is 3. The molecule has 0 bridgehead atoms. The van der Waals surface area contributed by atoms with Crippen LogP contribution in [0.1, 0.15) is 33.3 Å². The van der Waals surface area contributed by atoms with Crippen LogP contribution in [0.3, 0.4) is 0 Å². The molecule has 1 aromatic rings. The molecule has 3 nitrogen and oxygen atoms in total. The van der Waals surface area contributed by atoms with Crippen molar-refractivity contribution in [2.24, 2.45) is 0 Å². The van der Waals surface area contributed by atoms with Gasteiger partial charge < -0.3 is 4.90 Å².